The maximum absolute atomic E-state index is 12.1. The van der Waals surface area contributed by atoms with Gasteiger partial charge in [-0.1, -0.05) is 24.2 Å². The Bertz CT molecular complexity index is 463. The van der Waals surface area contributed by atoms with Crippen molar-refractivity contribution in [1.29, 1.82) is 0 Å². The Morgan fingerprint density at radius 1 is 1.39 bits per heavy atom. The Morgan fingerprint density at radius 3 is 2.61 bits per heavy atom. The minimum Gasteiger partial charge on any atom is -0.481 e. The number of rotatable bonds is 3. The fourth-order valence-electron chi connectivity index (χ4n) is 2.25. The monoisotopic (exact) mass is 332 g/mol. The average Bonchev–Trinajstić information content (AvgIpc) is 2.74. The largest absolute Gasteiger partial charge is 0.481 e. The summed E-state index contributed by atoms with van der Waals surface area (Å²) in [6.45, 7) is 0. The second-order valence-corrected chi connectivity index (χ2v) is 6.70. The SMILES string of the molecule is O=C(O)[C@H]1CCCC[C@H]1C(=O)Nc1ncc(Br)s1. The van der Waals surface area contributed by atoms with E-state index in [1.165, 1.54) is 11.3 Å². The summed E-state index contributed by atoms with van der Waals surface area (Å²) < 4.78 is 0.830. The number of anilines is 1. The molecule has 1 saturated carbocycles. The number of nitrogens with zero attached hydrogens (tertiary/aromatic N) is 1. The molecule has 1 aromatic rings. The van der Waals surface area contributed by atoms with Gasteiger partial charge in [-0.05, 0) is 28.8 Å². The van der Waals surface area contributed by atoms with E-state index in [-0.39, 0.29) is 5.91 Å². The molecule has 0 bridgehead atoms. The van der Waals surface area contributed by atoms with Crippen LogP contribution in [0.1, 0.15) is 25.7 Å². The number of thiazole rings is 1. The highest BCUT2D eigenvalue weighted by molar-refractivity contribution is 9.11. The van der Waals surface area contributed by atoms with Gasteiger partial charge in [0.1, 0.15) is 0 Å². The van der Waals surface area contributed by atoms with Crippen molar-refractivity contribution < 1.29 is 14.7 Å². The average molecular weight is 333 g/mol. The molecule has 7 heteroatoms. The Balaban J connectivity index is 2.04. The first kappa shape index (κ1) is 13.5. The summed E-state index contributed by atoms with van der Waals surface area (Å²) in [5.41, 5.74) is 0. The van der Waals surface area contributed by atoms with E-state index in [0.717, 1.165) is 16.6 Å². The summed E-state index contributed by atoms with van der Waals surface area (Å²) in [5, 5.41) is 12.3. The number of hydrogen-bond donors (Lipinski definition) is 2. The van der Waals surface area contributed by atoms with Crippen molar-refractivity contribution in [2.45, 2.75) is 25.7 Å². The molecule has 1 fully saturated rings. The van der Waals surface area contributed by atoms with Crippen LogP contribution >= 0.6 is 27.3 Å². The Morgan fingerprint density at radius 2 is 2.06 bits per heavy atom. The van der Waals surface area contributed by atoms with Crippen LogP contribution in [0.5, 0.6) is 0 Å². The lowest BCUT2D eigenvalue weighted by molar-refractivity contribution is -0.147. The molecule has 1 aliphatic rings. The van der Waals surface area contributed by atoms with Crippen LogP contribution in [0.25, 0.3) is 0 Å². The van der Waals surface area contributed by atoms with Crippen molar-refractivity contribution in [2.75, 3.05) is 5.32 Å². The zero-order valence-electron chi connectivity index (χ0n) is 9.56. The molecule has 0 aromatic carbocycles. The number of carboxylic acid groups (broad SMARTS) is 1. The smallest absolute Gasteiger partial charge is 0.307 e. The van der Waals surface area contributed by atoms with Crippen LogP contribution in [0.15, 0.2) is 9.98 Å². The van der Waals surface area contributed by atoms with Gasteiger partial charge in [-0.25, -0.2) is 4.98 Å². The first-order chi connectivity index (χ1) is 8.58. The topological polar surface area (TPSA) is 79.3 Å². The fraction of sp³-hybridized carbons (Fsp3) is 0.545. The van der Waals surface area contributed by atoms with Crippen molar-refractivity contribution in [1.82, 2.24) is 4.98 Å². The van der Waals surface area contributed by atoms with Crippen LogP contribution in [-0.4, -0.2) is 22.0 Å². The standard InChI is InChI=1S/C11H13BrN2O3S/c12-8-5-13-11(18-8)14-9(15)6-3-1-2-4-7(6)10(16)17/h5-7H,1-4H2,(H,16,17)(H,13,14,15)/t6-,7+/m1/s1. The molecular weight excluding hydrogens is 320 g/mol. The third kappa shape index (κ3) is 3.08. The van der Waals surface area contributed by atoms with E-state index in [2.05, 4.69) is 26.2 Å². The molecule has 98 valence electrons. The van der Waals surface area contributed by atoms with Crippen LogP contribution in [0, 0.1) is 11.8 Å². The van der Waals surface area contributed by atoms with Crippen molar-refractivity contribution in [2.24, 2.45) is 11.8 Å². The zero-order valence-corrected chi connectivity index (χ0v) is 12.0. The van der Waals surface area contributed by atoms with Gasteiger partial charge in [0.15, 0.2) is 5.13 Å². The maximum atomic E-state index is 12.1. The molecule has 0 aliphatic heterocycles. The molecular formula is C11H13BrN2O3S. The number of aromatic nitrogens is 1. The van der Waals surface area contributed by atoms with E-state index in [0.29, 0.717) is 18.0 Å². The van der Waals surface area contributed by atoms with Gasteiger partial charge in [0.25, 0.3) is 0 Å². The molecule has 1 aromatic heterocycles. The summed E-state index contributed by atoms with van der Waals surface area (Å²) in [6.07, 6.45) is 4.60. The minimum atomic E-state index is -0.879. The van der Waals surface area contributed by atoms with E-state index >= 15 is 0 Å². The first-order valence-electron chi connectivity index (χ1n) is 5.73. The minimum absolute atomic E-state index is 0.232. The van der Waals surface area contributed by atoms with Gasteiger partial charge in [-0.3, -0.25) is 9.59 Å². The highest BCUT2D eigenvalue weighted by Crippen LogP contribution is 2.32. The number of aliphatic carboxylic acids is 1. The van der Waals surface area contributed by atoms with Gasteiger partial charge < -0.3 is 10.4 Å². The molecule has 0 spiro atoms. The third-order valence-electron chi connectivity index (χ3n) is 3.13. The Hall–Kier alpha value is -0.950. The molecule has 2 rings (SSSR count). The lowest BCUT2D eigenvalue weighted by atomic mass is 9.79. The second kappa shape index (κ2) is 5.79. The Kier molecular flexibility index (Phi) is 4.34. The van der Waals surface area contributed by atoms with Crippen molar-refractivity contribution in [3.05, 3.63) is 9.98 Å². The van der Waals surface area contributed by atoms with Gasteiger partial charge in [-0.2, -0.15) is 0 Å². The molecule has 2 atom stereocenters. The predicted molar refractivity (Wildman–Crippen MR) is 71.5 cm³/mol. The molecule has 18 heavy (non-hydrogen) atoms. The van der Waals surface area contributed by atoms with Gasteiger partial charge >= 0.3 is 5.97 Å². The molecule has 0 unspecified atom stereocenters. The predicted octanol–water partition coefficient (Wildman–Crippen LogP) is 2.74. The van der Waals surface area contributed by atoms with Crippen LogP contribution in [-0.2, 0) is 9.59 Å². The lowest BCUT2D eigenvalue weighted by Gasteiger charge is -2.26. The molecule has 1 aliphatic carbocycles. The number of amides is 1. The summed E-state index contributed by atoms with van der Waals surface area (Å²) in [7, 11) is 0. The molecule has 1 amide bonds. The highest BCUT2D eigenvalue weighted by atomic mass is 79.9. The molecule has 5 nitrogen and oxygen atoms in total. The van der Waals surface area contributed by atoms with Crippen LogP contribution < -0.4 is 5.32 Å². The summed E-state index contributed by atoms with van der Waals surface area (Å²) in [6, 6.07) is 0. The molecule has 0 radical (unpaired) electrons. The summed E-state index contributed by atoms with van der Waals surface area (Å²) in [5.74, 6) is -2.12. The van der Waals surface area contributed by atoms with Crippen molar-refractivity contribution in [3.63, 3.8) is 0 Å². The number of halogens is 1. The number of carboxylic acids is 1. The highest BCUT2D eigenvalue weighted by Gasteiger charge is 2.35. The number of hydrogen-bond acceptors (Lipinski definition) is 4. The third-order valence-corrected chi connectivity index (χ3v) is 4.52. The number of nitrogens with one attached hydrogen (secondary N) is 1. The van der Waals surface area contributed by atoms with Crippen LogP contribution in [0.2, 0.25) is 0 Å². The normalized spacial score (nSPS) is 23.6. The molecule has 0 saturated heterocycles. The second-order valence-electron chi connectivity index (χ2n) is 4.29. The van der Waals surface area contributed by atoms with Gasteiger partial charge in [0.2, 0.25) is 5.91 Å². The summed E-state index contributed by atoms with van der Waals surface area (Å²) in [4.78, 5) is 27.2. The van der Waals surface area contributed by atoms with E-state index in [1.807, 2.05) is 0 Å². The fourth-order valence-corrected chi connectivity index (χ4v) is 3.36. The summed E-state index contributed by atoms with van der Waals surface area (Å²) >= 11 is 4.58. The first-order valence-corrected chi connectivity index (χ1v) is 7.34. The van der Waals surface area contributed by atoms with E-state index in [4.69, 9.17) is 5.11 Å². The molecule has 2 N–H and O–H groups in total. The van der Waals surface area contributed by atoms with Crippen molar-refractivity contribution in [3.8, 4) is 0 Å². The van der Waals surface area contributed by atoms with E-state index < -0.39 is 17.8 Å². The quantitative estimate of drug-likeness (QED) is 0.891. The lowest BCUT2D eigenvalue weighted by Crippen LogP contribution is -2.36. The van der Waals surface area contributed by atoms with Crippen LogP contribution in [0.3, 0.4) is 0 Å². The van der Waals surface area contributed by atoms with Crippen LogP contribution in [0.4, 0.5) is 5.13 Å². The Labute approximate surface area is 117 Å². The van der Waals surface area contributed by atoms with Gasteiger partial charge in [-0.15, -0.1) is 0 Å². The zero-order chi connectivity index (χ0) is 13.1. The number of carbonyl (C=O) groups excluding carboxylic acids is 1. The molecule has 1 heterocycles. The van der Waals surface area contributed by atoms with E-state index in [1.54, 1.807) is 6.20 Å². The number of carbonyl (C=O) groups is 2. The van der Waals surface area contributed by atoms with Gasteiger partial charge in [0.05, 0.1) is 21.8 Å². The maximum Gasteiger partial charge on any atom is 0.307 e. The van der Waals surface area contributed by atoms with E-state index in [9.17, 15) is 9.59 Å². The van der Waals surface area contributed by atoms with Gasteiger partial charge in [0, 0.05) is 0 Å². The van der Waals surface area contributed by atoms with Crippen molar-refractivity contribution >= 4 is 44.3 Å².